The van der Waals surface area contributed by atoms with Gasteiger partial charge in [0.25, 0.3) is 0 Å². The molecule has 0 rings (SSSR count). The molecule has 0 N–H and O–H groups in total. The lowest BCUT2D eigenvalue weighted by atomic mass is 9.92. The van der Waals surface area contributed by atoms with E-state index in [1.54, 1.807) is 0 Å². The average Bonchev–Trinajstić information content (AvgIpc) is 2.33. The molecule has 1 unspecified atom stereocenters. The van der Waals surface area contributed by atoms with Crippen molar-refractivity contribution in [3.63, 3.8) is 0 Å². The fourth-order valence-electron chi connectivity index (χ4n) is 2.23. The van der Waals surface area contributed by atoms with Crippen molar-refractivity contribution in [2.24, 2.45) is 5.92 Å². The van der Waals surface area contributed by atoms with Crippen LogP contribution in [-0.4, -0.2) is 0 Å². The second kappa shape index (κ2) is 12.0. The minimum Gasteiger partial charge on any atom is -0.103 e. The van der Waals surface area contributed by atoms with Gasteiger partial charge in [-0.15, -0.1) is 6.58 Å². The predicted octanol–water partition coefficient (Wildman–Crippen LogP) is 6.29. The summed E-state index contributed by atoms with van der Waals surface area (Å²) in [4.78, 5) is 0. The Kier molecular flexibility index (Phi) is 11.6. The molecule has 0 nitrogen and oxygen atoms in total. The zero-order chi connectivity index (χ0) is 12.9. The maximum Gasteiger partial charge on any atom is -0.0199 e. The normalized spacial score (nSPS) is 12.4. The molecular weight excluding hydrogens is 204 g/mol. The third-order valence-electron chi connectivity index (χ3n) is 3.45. The van der Waals surface area contributed by atoms with Crippen LogP contribution in [0.4, 0.5) is 0 Å². The first-order valence-electron chi connectivity index (χ1n) is 7.53. The lowest BCUT2D eigenvalue weighted by Gasteiger charge is -2.14. The van der Waals surface area contributed by atoms with E-state index in [2.05, 4.69) is 33.1 Å². The smallest absolute Gasteiger partial charge is 0.0199 e. The van der Waals surface area contributed by atoms with Crippen LogP contribution in [0.25, 0.3) is 0 Å². The Morgan fingerprint density at radius 2 is 1.65 bits per heavy atom. The van der Waals surface area contributed by atoms with Crippen molar-refractivity contribution < 1.29 is 0 Å². The van der Waals surface area contributed by atoms with Gasteiger partial charge in [-0.25, -0.2) is 0 Å². The lowest BCUT2D eigenvalue weighted by molar-refractivity contribution is 0.525. The van der Waals surface area contributed by atoms with E-state index in [0.29, 0.717) is 5.92 Å². The molecule has 0 heteroatoms. The van der Waals surface area contributed by atoms with Gasteiger partial charge < -0.3 is 0 Å². The third kappa shape index (κ3) is 10.4. The predicted molar refractivity (Wildman–Crippen MR) is 80.3 cm³/mol. The van der Waals surface area contributed by atoms with E-state index >= 15 is 0 Å². The van der Waals surface area contributed by atoms with Crippen molar-refractivity contribution in [1.29, 1.82) is 0 Å². The van der Waals surface area contributed by atoms with Crippen LogP contribution in [0.3, 0.4) is 0 Å². The highest BCUT2D eigenvalue weighted by molar-refractivity contribution is 4.99. The number of hydrogen-bond acceptors (Lipinski definition) is 0. The van der Waals surface area contributed by atoms with Gasteiger partial charge in [0.1, 0.15) is 0 Å². The Hall–Kier alpha value is -0.520. The SMILES string of the molecule is C=CC(CCCCC)CC(=C)CCCCCC. The molecule has 0 aromatic rings. The zero-order valence-electron chi connectivity index (χ0n) is 12.1. The molecule has 0 saturated heterocycles. The molecule has 0 aliphatic carbocycles. The fourth-order valence-corrected chi connectivity index (χ4v) is 2.23. The number of hydrogen-bond donors (Lipinski definition) is 0. The monoisotopic (exact) mass is 236 g/mol. The Morgan fingerprint density at radius 1 is 1.00 bits per heavy atom. The van der Waals surface area contributed by atoms with Crippen molar-refractivity contribution in [2.75, 3.05) is 0 Å². The van der Waals surface area contributed by atoms with E-state index in [1.807, 2.05) is 0 Å². The molecule has 17 heavy (non-hydrogen) atoms. The third-order valence-corrected chi connectivity index (χ3v) is 3.45. The summed E-state index contributed by atoms with van der Waals surface area (Å²) < 4.78 is 0. The Labute approximate surface area is 109 Å². The summed E-state index contributed by atoms with van der Waals surface area (Å²) in [5.41, 5.74) is 1.43. The van der Waals surface area contributed by atoms with Crippen LogP contribution >= 0.6 is 0 Å². The maximum absolute atomic E-state index is 4.22. The number of allylic oxidation sites excluding steroid dienone is 2. The van der Waals surface area contributed by atoms with Gasteiger partial charge in [-0.2, -0.15) is 0 Å². The molecule has 1 atom stereocenters. The summed E-state index contributed by atoms with van der Waals surface area (Å²) in [6, 6.07) is 0. The van der Waals surface area contributed by atoms with Crippen LogP contribution in [0.1, 0.15) is 78.1 Å². The molecule has 0 spiro atoms. The molecule has 0 aliphatic heterocycles. The quantitative estimate of drug-likeness (QED) is 0.276. The minimum atomic E-state index is 0.667. The standard InChI is InChI=1S/C17H32/c1-5-8-10-12-13-16(4)15-17(7-3)14-11-9-6-2/h7,17H,3-6,8-15H2,1-2H3. The highest BCUT2D eigenvalue weighted by atomic mass is 14.1. The first-order valence-corrected chi connectivity index (χ1v) is 7.53. The van der Waals surface area contributed by atoms with Gasteiger partial charge in [0.05, 0.1) is 0 Å². The van der Waals surface area contributed by atoms with Gasteiger partial charge >= 0.3 is 0 Å². The van der Waals surface area contributed by atoms with Gasteiger partial charge in [-0.3, -0.25) is 0 Å². The molecule has 100 valence electrons. The van der Waals surface area contributed by atoms with Crippen LogP contribution < -0.4 is 0 Å². The topological polar surface area (TPSA) is 0 Å². The van der Waals surface area contributed by atoms with Crippen molar-refractivity contribution in [3.8, 4) is 0 Å². The summed E-state index contributed by atoms with van der Waals surface area (Å²) in [7, 11) is 0. The number of unbranched alkanes of at least 4 members (excludes halogenated alkanes) is 5. The first-order chi connectivity index (χ1) is 8.24. The van der Waals surface area contributed by atoms with Crippen molar-refractivity contribution in [1.82, 2.24) is 0 Å². The van der Waals surface area contributed by atoms with Gasteiger partial charge in [-0.1, -0.05) is 70.6 Å². The molecule has 0 amide bonds. The van der Waals surface area contributed by atoms with Gasteiger partial charge in [0.15, 0.2) is 0 Å². The van der Waals surface area contributed by atoms with Crippen LogP contribution in [0.5, 0.6) is 0 Å². The summed E-state index contributed by atoms with van der Waals surface area (Å²) in [5, 5.41) is 0. The van der Waals surface area contributed by atoms with Crippen LogP contribution in [0, 0.1) is 5.92 Å². The second-order valence-corrected chi connectivity index (χ2v) is 5.26. The first kappa shape index (κ1) is 16.5. The molecule has 0 heterocycles. The zero-order valence-corrected chi connectivity index (χ0v) is 12.1. The van der Waals surface area contributed by atoms with Gasteiger partial charge in [0.2, 0.25) is 0 Å². The van der Waals surface area contributed by atoms with Crippen molar-refractivity contribution >= 4 is 0 Å². The van der Waals surface area contributed by atoms with Gasteiger partial charge in [0, 0.05) is 0 Å². The van der Waals surface area contributed by atoms with Crippen LogP contribution in [0.15, 0.2) is 24.8 Å². The summed E-state index contributed by atoms with van der Waals surface area (Å²) in [6.45, 7) is 12.7. The molecule has 0 fully saturated rings. The summed E-state index contributed by atoms with van der Waals surface area (Å²) in [6.07, 6.45) is 15.2. The van der Waals surface area contributed by atoms with E-state index in [4.69, 9.17) is 0 Å². The maximum atomic E-state index is 4.22. The molecule has 0 radical (unpaired) electrons. The molecule has 0 aromatic heterocycles. The number of rotatable bonds is 12. The Bertz CT molecular complexity index is 190. The highest BCUT2D eigenvalue weighted by Crippen LogP contribution is 2.22. The molecule has 0 aromatic carbocycles. The largest absolute Gasteiger partial charge is 0.103 e. The Balaban J connectivity index is 3.63. The van der Waals surface area contributed by atoms with E-state index in [0.717, 1.165) is 0 Å². The highest BCUT2D eigenvalue weighted by Gasteiger charge is 2.06. The van der Waals surface area contributed by atoms with E-state index in [9.17, 15) is 0 Å². The molecule has 0 saturated carbocycles. The van der Waals surface area contributed by atoms with E-state index < -0.39 is 0 Å². The summed E-state index contributed by atoms with van der Waals surface area (Å²) in [5.74, 6) is 0.667. The van der Waals surface area contributed by atoms with Crippen molar-refractivity contribution in [3.05, 3.63) is 24.8 Å². The van der Waals surface area contributed by atoms with E-state index in [1.165, 1.54) is 69.8 Å². The lowest BCUT2D eigenvalue weighted by Crippen LogP contribution is -1.98. The van der Waals surface area contributed by atoms with Crippen molar-refractivity contribution in [2.45, 2.75) is 78.1 Å². The fraction of sp³-hybridized carbons (Fsp3) is 0.765. The second-order valence-electron chi connectivity index (χ2n) is 5.26. The van der Waals surface area contributed by atoms with E-state index in [-0.39, 0.29) is 0 Å². The molecule has 0 aliphatic rings. The average molecular weight is 236 g/mol. The summed E-state index contributed by atoms with van der Waals surface area (Å²) >= 11 is 0. The Morgan fingerprint density at radius 3 is 2.24 bits per heavy atom. The van der Waals surface area contributed by atoms with Gasteiger partial charge in [-0.05, 0) is 31.6 Å². The minimum absolute atomic E-state index is 0.667. The molecule has 0 bridgehead atoms. The van der Waals surface area contributed by atoms with Crippen LogP contribution in [-0.2, 0) is 0 Å². The van der Waals surface area contributed by atoms with Crippen LogP contribution in [0.2, 0.25) is 0 Å². The molecular formula is C17H32.